The van der Waals surface area contributed by atoms with Crippen LogP contribution in [-0.4, -0.2) is 54.0 Å². The highest BCUT2D eigenvalue weighted by Crippen LogP contribution is 2.35. The van der Waals surface area contributed by atoms with E-state index in [0.717, 1.165) is 42.4 Å². The largest absolute Gasteiger partial charge is 0.368 e. The Labute approximate surface area is 184 Å². The summed E-state index contributed by atoms with van der Waals surface area (Å²) in [5, 5.41) is 3.03. The summed E-state index contributed by atoms with van der Waals surface area (Å²) >= 11 is 0. The van der Waals surface area contributed by atoms with Gasteiger partial charge in [0, 0.05) is 38.6 Å². The maximum Gasteiger partial charge on any atom is 0.251 e. The van der Waals surface area contributed by atoms with Crippen molar-refractivity contribution in [2.24, 2.45) is 5.41 Å². The molecule has 2 aliphatic rings. The van der Waals surface area contributed by atoms with Crippen LogP contribution < -0.4 is 5.32 Å². The number of nitrogens with one attached hydrogen (secondary N) is 1. The van der Waals surface area contributed by atoms with Crippen LogP contribution in [0.1, 0.15) is 38.2 Å². The lowest BCUT2D eigenvalue weighted by Crippen LogP contribution is -2.56. The Kier molecular flexibility index (Phi) is 6.66. The van der Waals surface area contributed by atoms with Gasteiger partial charge in [0.25, 0.3) is 5.91 Å². The van der Waals surface area contributed by atoms with E-state index in [1.165, 1.54) is 0 Å². The molecular formula is C25H31N3O3. The monoisotopic (exact) mass is 421 g/mol. The lowest BCUT2D eigenvalue weighted by atomic mass is 9.74. The van der Waals surface area contributed by atoms with E-state index in [1.54, 1.807) is 12.4 Å². The van der Waals surface area contributed by atoms with Gasteiger partial charge < -0.3 is 15.0 Å². The lowest BCUT2D eigenvalue weighted by molar-refractivity contribution is -0.148. The number of aromatic nitrogens is 1. The van der Waals surface area contributed by atoms with Crippen molar-refractivity contribution < 1.29 is 14.3 Å². The van der Waals surface area contributed by atoms with Crippen LogP contribution in [-0.2, 0) is 20.7 Å². The molecule has 2 amide bonds. The molecule has 0 spiro atoms. The second kappa shape index (κ2) is 9.60. The highest BCUT2D eigenvalue weighted by molar-refractivity contribution is 5.86. The molecule has 1 aromatic heterocycles. The Morgan fingerprint density at radius 1 is 1.13 bits per heavy atom. The lowest BCUT2D eigenvalue weighted by Gasteiger charge is -2.42. The van der Waals surface area contributed by atoms with E-state index in [9.17, 15) is 9.59 Å². The Balaban J connectivity index is 1.54. The fourth-order valence-electron chi connectivity index (χ4n) is 4.80. The molecule has 0 radical (unpaired) electrons. The third-order valence-corrected chi connectivity index (χ3v) is 6.42. The summed E-state index contributed by atoms with van der Waals surface area (Å²) in [5.74, 6) is 0.0805. The Morgan fingerprint density at radius 2 is 1.87 bits per heavy atom. The molecule has 2 aromatic rings. The highest BCUT2D eigenvalue weighted by atomic mass is 16.5. The molecule has 1 aromatic carbocycles. The highest BCUT2D eigenvalue weighted by Gasteiger charge is 2.44. The number of rotatable bonds is 6. The number of nitrogens with zero attached hydrogens (tertiary/aromatic N) is 2. The second-order valence-corrected chi connectivity index (χ2v) is 8.61. The van der Waals surface area contributed by atoms with Crippen molar-refractivity contribution >= 4 is 11.8 Å². The van der Waals surface area contributed by atoms with Crippen molar-refractivity contribution in [2.45, 2.75) is 45.1 Å². The van der Waals surface area contributed by atoms with E-state index in [-0.39, 0.29) is 17.9 Å². The molecule has 0 bridgehead atoms. The van der Waals surface area contributed by atoms with Gasteiger partial charge in [0.15, 0.2) is 0 Å². The number of benzene rings is 1. The molecule has 0 aliphatic carbocycles. The van der Waals surface area contributed by atoms with E-state index >= 15 is 0 Å². The van der Waals surface area contributed by atoms with E-state index < -0.39 is 5.41 Å². The summed E-state index contributed by atoms with van der Waals surface area (Å²) in [5.41, 5.74) is 2.74. The Morgan fingerprint density at radius 3 is 2.55 bits per heavy atom. The summed E-state index contributed by atoms with van der Waals surface area (Å²) in [4.78, 5) is 32.1. The molecule has 0 unspecified atom stereocenters. The Hall–Kier alpha value is -2.73. The predicted octanol–water partition coefficient (Wildman–Crippen LogP) is 3.22. The first-order chi connectivity index (χ1) is 15.1. The van der Waals surface area contributed by atoms with Gasteiger partial charge in [-0.3, -0.25) is 14.6 Å². The van der Waals surface area contributed by atoms with Crippen LogP contribution in [0.5, 0.6) is 0 Å². The van der Waals surface area contributed by atoms with Gasteiger partial charge in [-0.25, -0.2) is 0 Å². The average Bonchev–Trinajstić information content (AvgIpc) is 3.35. The van der Waals surface area contributed by atoms with Crippen molar-refractivity contribution in [1.82, 2.24) is 15.2 Å². The standard InChI is InChI=1S/C25H31N3O3/c1-2-27-24(30)25(12-4-15-28(18-25)23(29)22-5-3-16-31-22)17-19-6-8-20(9-7-19)21-10-13-26-14-11-21/h6-11,13-14,22H,2-5,12,15-18H2,1H3,(H,27,30)/t22-,25+/m1/s1. The molecule has 2 fully saturated rings. The van der Waals surface area contributed by atoms with Gasteiger partial charge >= 0.3 is 0 Å². The van der Waals surface area contributed by atoms with Crippen LogP contribution in [0.25, 0.3) is 11.1 Å². The minimum atomic E-state index is -0.610. The number of likely N-dealkylation sites (tertiary alicyclic amines) is 1. The summed E-state index contributed by atoms with van der Waals surface area (Å²) in [6, 6.07) is 12.3. The van der Waals surface area contributed by atoms with Crippen molar-refractivity contribution in [3.05, 3.63) is 54.4 Å². The summed E-state index contributed by atoms with van der Waals surface area (Å²) in [6.07, 6.45) is 7.15. The first-order valence-corrected chi connectivity index (χ1v) is 11.3. The van der Waals surface area contributed by atoms with Gasteiger partial charge in [-0.1, -0.05) is 24.3 Å². The van der Waals surface area contributed by atoms with Gasteiger partial charge in [-0.05, 0) is 67.9 Å². The van der Waals surface area contributed by atoms with Crippen LogP contribution in [0.15, 0.2) is 48.8 Å². The first-order valence-electron chi connectivity index (χ1n) is 11.3. The zero-order valence-electron chi connectivity index (χ0n) is 18.2. The first kappa shape index (κ1) is 21.5. The number of carbonyl (C=O) groups is 2. The third kappa shape index (κ3) is 4.79. The zero-order chi connectivity index (χ0) is 21.7. The maximum absolute atomic E-state index is 13.2. The van der Waals surface area contributed by atoms with Gasteiger partial charge in [-0.15, -0.1) is 0 Å². The van der Waals surface area contributed by atoms with Crippen molar-refractivity contribution in [3.63, 3.8) is 0 Å². The van der Waals surface area contributed by atoms with Crippen molar-refractivity contribution in [3.8, 4) is 11.1 Å². The molecule has 2 saturated heterocycles. The van der Waals surface area contributed by atoms with Gasteiger partial charge in [-0.2, -0.15) is 0 Å². The fraction of sp³-hybridized carbons (Fsp3) is 0.480. The molecule has 31 heavy (non-hydrogen) atoms. The predicted molar refractivity (Wildman–Crippen MR) is 119 cm³/mol. The van der Waals surface area contributed by atoms with Gasteiger partial charge in [0.1, 0.15) is 6.10 Å². The third-order valence-electron chi connectivity index (χ3n) is 6.42. The number of pyridine rings is 1. The quantitative estimate of drug-likeness (QED) is 0.777. The number of hydrogen-bond donors (Lipinski definition) is 1. The number of amides is 2. The van der Waals surface area contributed by atoms with Crippen molar-refractivity contribution in [2.75, 3.05) is 26.2 Å². The minimum Gasteiger partial charge on any atom is -0.368 e. The number of carbonyl (C=O) groups excluding carboxylic acids is 2. The van der Waals surface area contributed by atoms with Crippen LogP contribution in [0.4, 0.5) is 0 Å². The summed E-state index contributed by atoms with van der Waals surface area (Å²) in [7, 11) is 0. The molecular weight excluding hydrogens is 390 g/mol. The summed E-state index contributed by atoms with van der Waals surface area (Å²) < 4.78 is 5.62. The topological polar surface area (TPSA) is 71.5 Å². The van der Waals surface area contributed by atoms with E-state index in [2.05, 4.69) is 34.6 Å². The van der Waals surface area contributed by atoms with Crippen LogP contribution >= 0.6 is 0 Å². The van der Waals surface area contributed by atoms with Crippen LogP contribution in [0.2, 0.25) is 0 Å². The molecule has 2 atom stereocenters. The van der Waals surface area contributed by atoms with E-state index in [4.69, 9.17) is 4.74 Å². The molecule has 6 heteroatoms. The molecule has 4 rings (SSSR count). The number of hydrogen-bond acceptors (Lipinski definition) is 4. The second-order valence-electron chi connectivity index (χ2n) is 8.61. The SMILES string of the molecule is CCNC(=O)[C@]1(Cc2ccc(-c3ccncc3)cc2)CCCN(C(=O)[C@H]2CCCO2)C1. The summed E-state index contributed by atoms with van der Waals surface area (Å²) in [6.45, 7) is 4.31. The molecule has 6 nitrogen and oxygen atoms in total. The average molecular weight is 422 g/mol. The van der Waals surface area contributed by atoms with Crippen LogP contribution in [0.3, 0.4) is 0 Å². The number of piperidine rings is 1. The molecule has 0 saturated carbocycles. The normalized spacial score (nSPS) is 23.5. The van der Waals surface area contributed by atoms with E-state index in [0.29, 0.717) is 32.7 Å². The van der Waals surface area contributed by atoms with Crippen LogP contribution in [0, 0.1) is 5.41 Å². The molecule has 3 heterocycles. The number of ether oxygens (including phenoxy) is 1. The Bertz CT molecular complexity index is 894. The van der Waals surface area contributed by atoms with Gasteiger partial charge in [0.2, 0.25) is 5.91 Å². The van der Waals surface area contributed by atoms with Crippen molar-refractivity contribution in [1.29, 1.82) is 0 Å². The zero-order valence-corrected chi connectivity index (χ0v) is 18.2. The van der Waals surface area contributed by atoms with Gasteiger partial charge in [0.05, 0.1) is 5.41 Å². The maximum atomic E-state index is 13.2. The van der Waals surface area contributed by atoms with E-state index in [1.807, 2.05) is 24.0 Å². The fourth-order valence-corrected chi connectivity index (χ4v) is 4.80. The minimum absolute atomic E-state index is 0.0399. The smallest absolute Gasteiger partial charge is 0.251 e. The molecule has 164 valence electrons. The molecule has 1 N–H and O–H groups in total. The molecule has 2 aliphatic heterocycles.